The lowest BCUT2D eigenvalue weighted by Crippen LogP contribution is -2.41. The zero-order valence-corrected chi connectivity index (χ0v) is 12.8. The predicted octanol–water partition coefficient (Wildman–Crippen LogP) is 2.84. The first-order valence-electron chi connectivity index (χ1n) is 7.87. The van der Waals surface area contributed by atoms with Crippen LogP contribution in [0.15, 0.2) is 30.3 Å². The van der Waals surface area contributed by atoms with Crippen molar-refractivity contribution in [3.63, 3.8) is 0 Å². The SMILES string of the molecule is CCCNC(CN1CCC(OC)CC1)c1ccccc1. The molecule has 0 amide bonds. The molecule has 112 valence electrons. The van der Waals surface area contributed by atoms with Gasteiger partial charge in [0.2, 0.25) is 0 Å². The largest absolute Gasteiger partial charge is 0.381 e. The minimum absolute atomic E-state index is 0.440. The first-order chi connectivity index (χ1) is 9.83. The highest BCUT2D eigenvalue weighted by atomic mass is 16.5. The van der Waals surface area contributed by atoms with Gasteiger partial charge in [0.15, 0.2) is 0 Å². The van der Waals surface area contributed by atoms with E-state index in [1.165, 1.54) is 12.0 Å². The molecule has 1 heterocycles. The molecule has 0 spiro atoms. The Morgan fingerprint density at radius 1 is 1.25 bits per heavy atom. The van der Waals surface area contributed by atoms with Crippen molar-refractivity contribution >= 4 is 0 Å². The molecule has 1 aromatic rings. The molecule has 3 nitrogen and oxygen atoms in total. The maximum absolute atomic E-state index is 5.45. The molecule has 1 N–H and O–H groups in total. The molecule has 2 rings (SSSR count). The van der Waals surface area contributed by atoms with E-state index in [0.29, 0.717) is 12.1 Å². The fourth-order valence-electron chi connectivity index (χ4n) is 2.88. The van der Waals surface area contributed by atoms with Crippen molar-refractivity contribution in [2.24, 2.45) is 0 Å². The molecular weight excluding hydrogens is 248 g/mol. The van der Waals surface area contributed by atoms with Gasteiger partial charge in [-0.1, -0.05) is 37.3 Å². The number of rotatable bonds is 7. The summed E-state index contributed by atoms with van der Waals surface area (Å²) < 4.78 is 5.45. The summed E-state index contributed by atoms with van der Waals surface area (Å²) in [4.78, 5) is 2.57. The van der Waals surface area contributed by atoms with Crippen molar-refractivity contribution in [1.29, 1.82) is 0 Å². The van der Waals surface area contributed by atoms with Crippen molar-refractivity contribution < 1.29 is 4.74 Å². The number of hydrogen-bond acceptors (Lipinski definition) is 3. The molecule has 0 bridgehead atoms. The number of methoxy groups -OCH3 is 1. The van der Waals surface area contributed by atoms with Crippen LogP contribution < -0.4 is 5.32 Å². The average molecular weight is 276 g/mol. The van der Waals surface area contributed by atoms with Crippen LogP contribution in [0, 0.1) is 0 Å². The molecule has 0 aliphatic carbocycles. The van der Waals surface area contributed by atoms with Crippen LogP contribution in [-0.4, -0.2) is 44.3 Å². The van der Waals surface area contributed by atoms with Gasteiger partial charge in [0.1, 0.15) is 0 Å². The summed E-state index contributed by atoms with van der Waals surface area (Å²) >= 11 is 0. The Kier molecular flexibility index (Phi) is 6.51. The second-order valence-corrected chi connectivity index (χ2v) is 5.65. The summed E-state index contributed by atoms with van der Waals surface area (Å²) in [5.41, 5.74) is 1.40. The van der Waals surface area contributed by atoms with Crippen molar-refractivity contribution in [1.82, 2.24) is 10.2 Å². The van der Waals surface area contributed by atoms with Crippen molar-refractivity contribution in [2.75, 3.05) is 33.3 Å². The molecule has 20 heavy (non-hydrogen) atoms. The highest BCUT2D eigenvalue weighted by Gasteiger charge is 2.21. The van der Waals surface area contributed by atoms with E-state index in [4.69, 9.17) is 4.74 Å². The minimum atomic E-state index is 0.440. The van der Waals surface area contributed by atoms with Gasteiger partial charge in [0, 0.05) is 32.8 Å². The van der Waals surface area contributed by atoms with Crippen molar-refractivity contribution in [3.05, 3.63) is 35.9 Å². The highest BCUT2D eigenvalue weighted by Crippen LogP contribution is 2.18. The molecule has 3 heteroatoms. The standard InChI is InChI=1S/C17H28N2O/c1-3-11-18-17(15-7-5-4-6-8-15)14-19-12-9-16(20-2)10-13-19/h4-8,16-18H,3,9-14H2,1-2H3. The number of ether oxygens (including phenoxy) is 1. The number of nitrogens with zero attached hydrogens (tertiary/aromatic N) is 1. The lowest BCUT2D eigenvalue weighted by Gasteiger charge is -2.34. The summed E-state index contributed by atoms with van der Waals surface area (Å²) in [6, 6.07) is 11.3. The van der Waals surface area contributed by atoms with E-state index in [9.17, 15) is 0 Å². The van der Waals surface area contributed by atoms with Gasteiger partial charge in [0.25, 0.3) is 0 Å². The Bertz CT molecular complexity index is 361. The summed E-state index contributed by atoms with van der Waals surface area (Å²) in [5, 5.41) is 3.69. The molecule has 0 saturated carbocycles. The van der Waals surface area contributed by atoms with Crippen LogP contribution in [0.25, 0.3) is 0 Å². The van der Waals surface area contributed by atoms with E-state index in [-0.39, 0.29) is 0 Å². The molecule has 1 unspecified atom stereocenters. The van der Waals surface area contributed by atoms with Gasteiger partial charge in [0.05, 0.1) is 6.10 Å². The first kappa shape index (κ1) is 15.5. The second kappa shape index (κ2) is 8.40. The normalized spacial score (nSPS) is 19.1. The first-order valence-corrected chi connectivity index (χ1v) is 7.87. The monoisotopic (exact) mass is 276 g/mol. The van der Waals surface area contributed by atoms with Crippen molar-refractivity contribution in [2.45, 2.75) is 38.3 Å². The zero-order valence-electron chi connectivity index (χ0n) is 12.8. The highest BCUT2D eigenvalue weighted by molar-refractivity contribution is 5.19. The molecule has 1 aromatic carbocycles. The van der Waals surface area contributed by atoms with Gasteiger partial charge < -0.3 is 15.0 Å². The lowest BCUT2D eigenvalue weighted by atomic mass is 10.0. The molecule has 1 fully saturated rings. The number of benzene rings is 1. The van der Waals surface area contributed by atoms with E-state index in [1.54, 1.807) is 0 Å². The fourth-order valence-corrected chi connectivity index (χ4v) is 2.88. The molecule has 1 aliphatic heterocycles. The summed E-state index contributed by atoms with van der Waals surface area (Å²) in [6.45, 7) is 6.69. The Morgan fingerprint density at radius 3 is 2.55 bits per heavy atom. The van der Waals surface area contributed by atoms with Crippen LogP contribution in [0.1, 0.15) is 37.8 Å². The molecule has 1 saturated heterocycles. The van der Waals surface area contributed by atoms with Gasteiger partial charge >= 0.3 is 0 Å². The molecule has 1 aliphatic rings. The molecule has 0 radical (unpaired) electrons. The maximum Gasteiger partial charge on any atom is 0.0595 e. The number of nitrogens with one attached hydrogen (secondary N) is 1. The Labute approximate surface area is 123 Å². The predicted molar refractivity (Wildman–Crippen MR) is 83.9 cm³/mol. The quantitative estimate of drug-likeness (QED) is 0.829. The smallest absolute Gasteiger partial charge is 0.0595 e. The Balaban J connectivity index is 1.91. The summed E-state index contributed by atoms with van der Waals surface area (Å²) in [7, 11) is 1.83. The Morgan fingerprint density at radius 2 is 1.95 bits per heavy atom. The number of piperidine rings is 1. The maximum atomic E-state index is 5.45. The van der Waals surface area contributed by atoms with E-state index in [2.05, 4.69) is 47.5 Å². The third kappa shape index (κ3) is 4.58. The number of likely N-dealkylation sites (tertiary alicyclic amines) is 1. The van der Waals surface area contributed by atoms with Gasteiger partial charge in [-0.05, 0) is 31.4 Å². The van der Waals surface area contributed by atoms with Crippen LogP contribution in [0.4, 0.5) is 0 Å². The minimum Gasteiger partial charge on any atom is -0.381 e. The van der Waals surface area contributed by atoms with Crippen LogP contribution in [0.3, 0.4) is 0 Å². The fraction of sp³-hybridized carbons (Fsp3) is 0.647. The third-order valence-corrected chi connectivity index (χ3v) is 4.15. The van der Waals surface area contributed by atoms with Gasteiger partial charge in [-0.2, -0.15) is 0 Å². The van der Waals surface area contributed by atoms with Gasteiger partial charge in [-0.25, -0.2) is 0 Å². The average Bonchev–Trinajstić information content (AvgIpc) is 2.53. The van der Waals surface area contributed by atoms with Crippen molar-refractivity contribution in [3.8, 4) is 0 Å². The van der Waals surface area contributed by atoms with E-state index >= 15 is 0 Å². The lowest BCUT2D eigenvalue weighted by molar-refractivity contribution is 0.0383. The van der Waals surface area contributed by atoms with E-state index in [0.717, 1.165) is 39.0 Å². The molecular formula is C17H28N2O. The molecule has 1 atom stereocenters. The van der Waals surface area contributed by atoms with Gasteiger partial charge in [-0.15, -0.1) is 0 Å². The van der Waals surface area contributed by atoms with E-state index in [1.807, 2.05) is 7.11 Å². The van der Waals surface area contributed by atoms with Crippen LogP contribution in [0.2, 0.25) is 0 Å². The van der Waals surface area contributed by atoms with E-state index < -0.39 is 0 Å². The zero-order chi connectivity index (χ0) is 14.2. The summed E-state index contributed by atoms with van der Waals surface area (Å²) in [5.74, 6) is 0. The Hall–Kier alpha value is -0.900. The number of hydrogen-bond donors (Lipinski definition) is 1. The van der Waals surface area contributed by atoms with Crippen LogP contribution >= 0.6 is 0 Å². The van der Waals surface area contributed by atoms with Crippen LogP contribution in [-0.2, 0) is 4.74 Å². The topological polar surface area (TPSA) is 24.5 Å². The van der Waals surface area contributed by atoms with Gasteiger partial charge in [-0.3, -0.25) is 0 Å². The molecule has 0 aromatic heterocycles. The van der Waals surface area contributed by atoms with Crippen LogP contribution in [0.5, 0.6) is 0 Å². The third-order valence-electron chi connectivity index (χ3n) is 4.15. The summed E-state index contributed by atoms with van der Waals surface area (Å²) in [6.07, 6.45) is 3.96. The second-order valence-electron chi connectivity index (χ2n) is 5.65.